The van der Waals surface area contributed by atoms with E-state index < -0.39 is 139 Å². The van der Waals surface area contributed by atoms with Gasteiger partial charge in [0.15, 0.2) is 0 Å². The van der Waals surface area contributed by atoms with Crippen LogP contribution < -0.4 is 54.0 Å². The van der Waals surface area contributed by atoms with Gasteiger partial charge < -0.3 is 26.0 Å². The minimum absolute atomic E-state index is 0.0309. The maximum atomic E-state index is 14.7. The average Bonchev–Trinajstić information content (AvgIpc) is 4.23. The number of amides is 11. The molecule has 14 N–H and O–H groups in total. The summed E-state index contributed by atoms with van der Waals surface area (Å²) in [6.07, 6.45) is 2.57. The van der Waals surface area contributed by atoms with Crippen molar-refractivity contribution in [3.8, 4) is 5.75 Å². The standard InChI is InChI=1S/C47H68IN13O12/c1-6-25(4)38-44(71)57-33(17-28-20-51-23-55-28)42(69)60-47(18-30(47)39(50)66)45(72)61(5)34(11-12-36(64)53-22-37(65)56-32(41(68)59-38)16-26-7-9-29(62)10-8-26)43(70)52-14-13-27-19-48(27)46(73)58-31(15-24(2)3)40(67)54-21-35(49)63/h7-10,20,23-25,27,30-34,38,62H,6,11-19,21-22H2,1-5H3,(H2,49,63)(H2,50,66)(H,51,55)(H,52,70)(H,53,64)(H,54,67)(H,56,65)(H,57,71)(H,58,73)(H,59,68)(H,60,69)/t25?,27?,30?,31-,32-,33-,34-,38?,47?/m0/s1. The molecule has 2 aromatic rings. The van der Waals surface area contributed by atoms with E-state index >= 15 is 0 Å². The minimum atomic E-state index is -2.28. The van der Waals surface area contributed by atoms with Crippen molar-refractivity contribution in [1.82, 2.24) is 57.4 Å². The van der Waals surface area contributed by atoms with E-state index in [1.54, 1.807) is 26.0 Å². The van der Waals surface area contributed by atoms with Crippen LogP contribution in [-0.2, 0) is 60.8 Å². The molecule has 0 bridgehead atoms. The molecule has 26 heteroatoms. The SMILES string of the molecule is CCC(C)C1NC(=O)[C@H](Cc2ccc(O)cc2)NC(=O)CNC(=O)CC[C@@H](C(=O)NCCC2CI2C(=O)N[C@@H](CC(C)C)C(=O)NCC(N)=O)N(C)C(=O)C2(CC2C(N)=O)NC(=O)[C@H](Cc2cnc[nH]2)NC1=O. The molecule has 1 aromatic carbocycles. The predicted octanol–water partition coefficient (Wildman–Crippen LogP) is -2.38. The van der Waals surface area contributed by atoms with Crippen LogP contribution in [0, 0.1) is 17.8 Å². The topological polar surface area (TPSA) is 388 Å². The first-order valence-electron chi connectivity index (χ1n) is 24.1. The fourth-order valence-electron chi connectivity index (χ4n) is 8.44. The summed E-state index contributed by atoms with van der Waals surface area (Å²) in [7, 11) is 1.27. The van der Waals surface area contributed by atoms with Crippen LogP contribution in [0.25, 0.3) is 0 Å². The van der Waals surface area contributed by atoms with E-state index in [4.69, 9.17) is 11.5 Å². The van der Waals surface area contributed by atoms with Crippen molar-refractivity contribution in [2.24, 2.45) is 29.2 Å². The molecule has 3 aliphatic rings. The number of H-pyrrole nitrogens is 1. The molecule has 2 aliphatic heterocycles. The number of imidazole rings is 1. The molecule has 1 aliphatic carbocycles. The van der Waals surface area contributed by atoms with E-state index in [0.717, 1.165) is 4.90 Å². The van der Waals surface area contributed by atoms with Gasteiger partial charge in [0.2, 0.25) is 11.8 Å². The van der Waals surface area contributed by atoms with Crippen LogP contribution in [0.15, 0.2) is 36.8 Å². The van der Waals surface area contributed by atoms with Crippen molar-refractivity contribution in [3.05, 3.63) is 48.0 Å². The number of halogens is 1. The number of alkyl halides is 2. The van der Waals surface area contributed by atoms with Crippen LogP contribution in [0.2, 0.25) is 0 Å². The van der Waals surface area contributed by atoms with Gasteiger partial charge in [0, 0.05) is 24.7 Å². The number of carbonyl (C=O) groups excluding carboxylic acids is 11. The number of phenols is 1. The van der Waals surface area contributed by atoms with E-state index in [1.807, 2.05) is 13.8 Å². The van der Waals surface area contributed by atoms with Crippen molar-refractivity contribution in [2.45, 2.75) is 119 Å². The Morgan fingerprint density at radius 2 is 1.62 bits per heavy atom. The maximum absolute atomic E-state index is 14.7. The summed E-state index contributed by atoms with van der Waals surface area (Å²) in [5.41, 5.74) is 9.87. The molecule has 5 unspecified atom stereocenters. The number of aromatic nitrogens is 2. The number of aromatic hydroxyl groups is 1. The number of benzene rings is 1. The minimum Gasteiger partial charge on any atom is -0.348 e. The van der Waals surface area contributed by atoms with E-state index in [-0.39, 0.29) is 58.3 Å². The molecule has 3 fully saturated rings. The number of hydrogen-bond acceptors (Lipinski definition) is 13. The predicted molar refractivity (Wildman–Crippen MR) is 271 cm³/mol. The number of nitrogens with zero attached hydrogens (tertiary/aromatic N) is 2. The van der Waals surface area contributed by atoms with E-state index in [2.05, 4.69) is 52.5 Å². The summed E-state index contributed by atoms with van der Waals surface area (Å²) in [6, 6.07) is -0.412. The van der Waals surface area contributed by atoms with Crippen LogP contribution in [-0.4, -0.2) is 154 Å². The molecule has 25 nitrogen and oxygen atoms in total. The van der Waals surface area contributed by atoms with Crippen molar-refractivity contribution in [2.75, 3.05) is 31.1 Å². The third-order valence-electron chi connectivity index (χ3n) is 13.0. The van der Waals surface area contributed by atoms with Crippen LogP contribution in [0.5, 0.6) is 5.75 Å². The van der Waals surface area contributed by atoms with Gasteiger partial charge in [0.05, 0.1) is 6.33 Å². The van der Waals surface area contributed by atoms with Gasteiger partial charge in [-0.2, -0.15) is 0 Å². The Morgan fingerprint density at radius 3 is 2.23 bits per heavy atom. The molecule has 0 radical (unpaired) electrons. The fraction of sp³-hybridized carbons (Fsp3) is 0.574. The van der Waals surface area contributed by atoms with Crippen molar-refractivity contribution in [3.63, 3.8) is 0 Å². The Balaban J connectivity index is 1.39. The van der Waals surface area contributed by atoms with Crippen LogP contribution in [0.1, 0.15) is 77.5 Å². The molecule has 1 saturated carbocycles. The summed E-state index contributed by atoms with van der Waals surface area (Å²) in [5, 5.41) is 31.1. The van der Waals surface area contributed by atoms with Gasteiger partial charge in [0.25, 0.3) is 0 Å². The van der Waals surface area contributed by atoms with Gasteiger partial charge in [-0.1, -0.05) is 32.4 Å². The number of aromatic amines is 1. The molecule has 400 valence electrons. The first-order chi connectivity index (χ1) is 34.5. The Labute approximate surface area is 429 Å². The molecule has 2 saturated heterocycles. The Kier molecular flexibility index (Phi) is 20.1. The first-order valence-corrected chi connectivity index (χ1v) is 28.0. The van der Waals surface area contributed by atoms with Crippen LogP contribution in [0.4, 0.5) is 4.79 Å². The average molecular weight is 1130 g/mol. The van der Waals surface area contributed by atoms with Crippen LogP contribution >= 0.6 is 19.8 Å². The molecule has 73 heavy (non-hydrogen) atoms. The third-order valence-corrected chi connectivity index (χ3v) is 18.6. The van der Waals surface area contributed by atoms with E-state index in [1.165, 1.54) is 31.7 Å². The van der Waals surface area contributed by atoms with E-state index in [9.17, 15) is 57.8 Å². The summed E-state index contributed by atoms with van der Waals surface area (Å²) in [6.45, 7) is 6.31. The third kappa shape index (κ3) is 16.1. The Hall–Kier alpha value is -6.87. The van der Waals surface area contributed by atoms with Gasteiger partial charge in [-0.25, -0.2) is 4.98 Å². The number of hydrogen-bond donors (Lipinski definition) is 12. The number of nitrogens with two attached hydrogens (primary N) is 2. The number of phenolic OH excluding ortho intramolecular Hbond substituents is 1. The zero-order chi connectivity index (χ0) is 53.7. The fourth-order valence-corrected chi connectivity index (χ4v) is 13.9. The summed E-state index contributed by atoms with van der Waals surface area (Å²) in [5.74, 6) is -9.54. The molecule has 5 rings (SSSR count). The van der Waals surface area contributed by atoms with Gasteiger partial charge in [-0.05, 0) is 23.6 Å². The zero-order valence-corrected chi connectivity index (χ0v) is 43.7. The quantitative estimate of drug-likeness (QED) is 0.0322. The van der Waals surface area contributed by atoms with Gasteiger partial charge in [0.1, 0.15) is 17.8 Å². The second-order valence-corrected chi connectivity index (χ2v) is 25.0. The van der Waals surface area contributed by atoms with Crippen molar-refractivity contribution < 1.29 is 57.8 Å². The van der Waals surface area contributed by atoms with Gasteiger partial charge in [-0.15, -0.1) is 0 Å². The summed E-state index contributed by atoms with van der Waals surface area (Å²) < 4.78 is 0.355. The summed E-state index contributed by atoms with van der Waals surface area (Å²) >= 11 is -2.28. The summed E-state index contributed by atoms with van der Waals surface area (Å²) in [4.78, 5) is 157. The molecule has 3 heterocycles. The van der Waals surface area contributed by atoms with Crippen molar-refractivity contribution in [1.29, 1.82) is 0 Å². The zero-order valence-electron chi connectivity index (χ0n) is 41.5. The number of carbonyl (C=O) groups is 11. The molecule has 1 aromatic heterocycles. The normalized spacial score (nSPS) is 25.5. The first kappa shape index (κ1) is 57.0. The number of likely N-dealkylation sites (N-methyl/N-ethyl adjacent to an activating group) is 1. The van der Waals surface area contributed by atoms with Gasteiger partial charge in [-0.3, -0.25) is 14.4 Å². The Bertz CT molecular complexity index is 2390. The second kappa shape index (κ2) is 25.7. The van der Waals surface area contributed by atoms with E-state index in [0.29, 0.717) is 34.9 Å². The van der Waals surface area contributed by atoms with Crippen molar-refractivity contribution >= 4 is 82.8 Å². The molecule has 1 spiro atoms. The Morgan fingerprint density at radius 1 is 0.918 bits per heavy atom. The number of primary amides is 2. The van der Waals surface area contributed by atoms with Gasteiger partial charge >= 0.3 is 269 Å². The molecular weight excluding hydrogens is 1070 g/mol. The number of nitrogens with one attached hydrogen (secondary N) is 9. The smallest absolute Gasteiger partial charge is 0.348 e. The molecule has 11 amide bonds. The molecule has 9 atom stereocenters. The molecular formula is C47H68IN13O12. The number of rotatable bonds is 18. The van der Waals surface area contributed by atoms with Crippen LogP contribution in [0.3, 0.4) is 0 Å². The monoisotopic (exact) mass is 1130 g/mol. The second-order valence-electron chi connectivity index (χ2n) is 19.1.